The van der Waals surface area contributed by atoms with Crippen molar-refractivity contribution in [3.8, 4) is 5.75 Å². The molecule has 2 aromatic rings. The van der Waals surface area contributed by atoms with Crippen LogP contribution in [0.3, 0.4) is 0 Å². The summed E-state index contributed by atoms with van der Waals surface area (Å²) in [6.07, 6.45) is 4.58. The summed E-state index contributed by atoms with van der Waals surface area (Å²) < 4.78 is 0. The van der Waals surface area contributed by atoms with Crippen LogP contribution >= 0.6 is 0 Å². The number of hydrazone groups is 1. The van der Waals surface area contributed by atoms with E-state index in [2.05, 4.69) is 57.1 Å². The molecular weight excluding hydrogens is 326 g/mol. The second kappa shape index (κ2) is 7.28. The maximum atomic E-state index is 12.1. The van der Waals surface area contributed by atoms with Crippen molar-refractivity contribution in [3.63, 3.8) is 0 Å². The summed E-state index contributed by atoms with van der Waals surface area (Å²) in [5.74, 6) is -0.140. The van der Waals surface area contributed by atoms with Gasteiger partial charge in [-0.1, -0.05) is 47.6 Å². The molecule has 2 N–H and O–H groups in total. The van der Waals surface area contributed by atoms with Crippen LogP contribution < -0.4 is 5.43 Å². The first-order valence-electron chi connectivity index (χ1n) is 8.61. The second-order valence-corrected chi connectivity index (χ2v) is 8.40. The van der Waals surface area contributed by atoms with E-state index in [0.29, 0.717) is 11.1 Å². The van der Waals surface area contributed by atoms with E-state index in [9.17, 15) is 9.90 Å². The molecule has 1 aromatic heterocycles. The maximum Gasteiger partial charge on any atom is 0.271 e. The molecule has 0 unspecified atom stereocenters. The number of hydrogen-bond acceptors (Lipinski definition) is 4. The van der Waals surface area contributed by atoms with Gasteiger partial charge in [0.25, 0.3) is 5.91 Å². The largest absolute Gasteiger partial charge is 0.507 e. The molecule has 1 heterocycles. The van der Waals surface area contributed by atoms with Crippen molar-refractivity contribution < 1.29 is 9.90 Å². The third-order valence-corrected chi connectivity index (χ3v) is 4.13. The van der Waals surface area contributed by atoms with E-state index in [1.807, 2.05) is 12.1 Å². The number of carbonyl (C=O) groups is 1. The molecule has 1 aromatic carbocycles. The fraction of sp³-hybridized carbons (Fsp3) is 0.381. The Labute approximate surface area is 155 Å². The number of amides is 1. The zero-order valence-electron chi connectivity index (χ0n) is 16.3. The van der Waals surface area contributed by atoms with Crippen LogP contribution in [0.25, 0.3) is 0 Å². The number of rotatable bonds is 3. The average molecular weight is 353 g/mol. The Morgan fingerprint density at radius 2 is 1.69 bits per heavy atom. The van der Waals surface area contributed by atoms with Gasteiger partial charge in [-0.2, -0.15) is 5.10 Å². The lowest BCUT2D eigenvalue weighted by Gasteiger charge is -2.26. The quantitative estimate of drug-likeness (QED) is 0.643. The lowest BCUT2D eigenvalue weighted by atomic mass is 9.79. The minimum Gasteiger partial charge on any atom is -0.507 e. The highest BCUT2D eigenvalue weighted by Gasteiger charge is 2.24. The minimum absolute atomic E-state index is 0.0728. The predicted octanol–water partition coefficient (Wildman–Crippen LogP) is 4.15. The van der Waals surface area contributed by atoms with Crippen LogP contribution in [0.2, 0.25) is 0 Å². The molecule has 5 heteroatoms. The van der Waals surface area contributed by atoms with Gasteiger partial charge in [-0.05, 0) is 34.6 Å². The second-order valence-electron chi connectivity index (χ2n) is 8.40. The monoisotopic (exact) mass is 353 g/mol. The summed E-state index contributed by atoms with van der Waals surface area (Å²) in [5.41, 5.74) is 5.20. The summed E-state index contributed by atoms with van der Waals surface area (Å²) in [6, 6.07) is 7.18. The number of nitrogens with one attached hydrogen (secondary N) is 1. The van der Waals surface area contributed by atoms with Crippen molar-refractivity contribution in [3.05, 3.63) is 58.9 Å². The Bertz CT molecular complexity index is 814. The van der Waals surface area contributed by atoms with E-state index >= 15 is 0 Å². The molecular formula is C21H27N3O2. The van der Waals surface area contributed by atoms with Gasteiger partial charge >= 0.3 is 0 Å². The van der Waals surface area contributed by atoms with Gasteiger partial charge in [-0.15, -0.1) is 0 Å². The van der Waals surface area contributed by atoms with Crippen molar-refractivity contribution in [2.45, 2.75) is 52.4 Å². The van der Waals surface area contributed by atoms with E-state index in [4.69, 9.17) is 0 Å². The van der Waals surface area contributed by atoms with E-state index < -0.39 is 0 Å². The molecule has 0 bridgehead atoms. The minimum atomic E-state index is -0.328. The molecule has 0 aliphatic carbocycles. The van der Waals surface area contributed by atoms with Crippen LogP contribution in [0.4, 0.5) is 0 Å². The van der Waals surface area contributed by atoms with E-state index in [0.717, 1.165) is 11.1 Å². The Kier molecular flexibility index (Phi) is 5.50. The van der Waals surface area contributed by atoms with Crippen molar-refractivity contribution in [1.82, 2.24) is 10.4 Å². The number of benzene rings is 1. The predicted molar refractivity (Wildman–Crippen MR) is 105 cm³/mol. The molecule has 26 heavy (non-hydrogen) atoms. The number of aromatic nitrogens is 1. The summed E-state index contributed by atoms with van der Waals surface area (Å²) in [5, 5.41) is 14.7. The first-order valence-corrected chi connectivity index (χ1v) is 8.61. The number of carbonyl (C=O) groups excluding carboxylic acids is 1. The molecule has 1 amide bonds. The molecule has 138 valence electrons. The number of phenols is 1. The van der Waals surface area contributed by atoms with E-state index in [-0.39, 0.29) is 22.5 Å². The molecule has 0 fully saturated rings. The number of aromatic hydroxyl groups is 1. The SMILES string of the molecule is CC(C)(C)c1cc(/C=N/NC(=O)c2ccncc2)c(O)c(C(C)(C)C)c1. The molecule has 2 rings (SSSR count). The van der Waals surface area contributed by atoms with E-state index in [1.54, 1.807) is 24.5 Å². The van der Waals surface area contributed by atoms with Crippen molar-refractivity contribution in [2.24, 2.45) is 5.10 Å². The molecule has 0 aliphatic rings. The fourth-order valence-electron chi connectivity index (χ4n) is 2.49. The molecule has 0 saturated carbocycles. The van der Waals surface area contributed by atoms with Gasteiger partial charge in [-0.25, -0.2) is 5.43 Å². The number of nitrogens with zero attached hydrogens (tertiary/aromatic N) is 2. The van der Waals surface area contributed by atoms with Gasteiger partial charge < -0.3 is 5.11 Å². The summed E-state index contributed by atoms with van der Waals surface area (Å²) in [7, 11) is 0. The normalized spacial score (nSPS) is 12.4. The molecule has 0 saturated heterocycles. The van der Waals surface area contributed by atoms with Gasteiger partial charge in [0, 0.05) is 29.1 Å². The van der Waals surface area contributed by atoms with Crippen LogP contribution in [0.5, 0.6) is 5.75 Å². The third-order valence-electron chi connectivity index (χ3n) is 4.13. The van der Waals surface area contributed by atoms with Crippen LogP contribution in [0, 0.1) is 0 Å². The van der Waals surface area contributed by atoms with Crippen molar-refractivity contribution in [1.29, 1.82) is 0 Å². The Morgan fingerprint density at radius 1 is 1.08 bits per heavy atom. The van der Waals surface area contributed by atoms with Gasteiger partial charge in [0.15, 0.2) is 0 Å². The molecule has 0 atom stereocenters. The van der Waals surface area contributed by atoms with Crippen molar-refractivity contribution in [2.75, 3.05) is 0 Å². The topological polar surface area (TPSA) is 74.6 Å². The number of hydrogen-bond donors (Lipinski definition) is 2. The summed E-state index contributed by atoms with van der Waals surface area (Å²) >= 11 is 0. The Morgan fingerprint density at radius 3 is 2.23 bits per heavy atom. The van der Waals surface area contributed by atoms with Crippen molar-refractivity contribution >= 4 is 12.1 Å². The lowest BCUT2D eigenvalue weighted by molar-refractivity contribution is 0.0955. The number of pyridine rings is 1. The highest BCUT2D eigenvalue weighted by atomic mass is 16.3. The zero-order chi connectivity index (χ0) is 19.5. The molecule has 0 spiro atoms. The first-order chi connectivity index (χ1) is 12.0. The Balaban J connectivity index is 2.34. The third kappa shape index (κ3) is 4.69. The van der Waals surface area contributed by atoms with Gasteiger partial charge in [0.2, 0.25) is 0 Å². The van der Waals surface area contributed by atoms with Crippen LogP contribution in [-0.4, -0.2) is 22.2 Å². The first kappa shape index (κ1) is 19.6. The van der Waals surface area contributed by atoms with E-state index in [1.165, 1.54) is 6.21 Å². The van der Waals surface area contributed by atoms with Gasteiger partial charge in [0.1, 0.15) is 5.75 Å². The van der Waals surface area contributed by atoms with Crippen LogP contribution in [-0.2, 0) is 10.8 Å². The highest BCUT2D eigenvalue weighted by Crippen LogP contribution is 2.37. The maximum absolute atomic E-state index is 12.1. The van der Waals surface area contributed by atoms with Gasteiger partial charge in [-0.3, -0.25) is 9.78 Å². The summed E-state index contributed by atoms with van der Waals surface area (Å²) in [4.78, 5) is 15.9. The molecule has 0 radical (unpaired) electrons. The fourth-order valence-corrected chi connectivity index (χ4v) is 2.49. The molecule has 0 aliphatic heterocycles. The lowest BCUT2D eigenvalue weighted by Crippen LogP contribution is -2.19. The smallest absolute Gasteiger partial charge is 0.271 e. The highest BCUT2D eigenvalue weighted by molar-refractivity contribution is 5.95. The summed E-state index contributed by atoms with van der Waals surface area (Å²) in [6.45, 7) is 12.5. The average Bonchev–Trinajstić information content (AvgIpc) is 2.55. The molecule has 5 nitrogen and oxygen atoms in total. The Hall–Kier alpha value is -2.69. The zero-order valence-corrected chi connectivity index (χ0v) is 16.3. The van der Waals surface area contributed by atoms with Crippen LogP contribution in [0.1, 0.15) is 68.6 Å². The number of phenolic OH excluding ortho intramolecular Hbond substituents is 1. The van der Waals surface area contributed by atoms with Crippen LogP contribution in [0.15, 0.2) is 41.8 Å². The van der Waals surface area contributed by atoms with Gasteiger partial charge in [0.05, 0.1) is 6.21 Å². The standard InChI is InChI=1S/C21H27N3O2/c1-20(2,3)16-11-15(18(25)17(12-16)21(4,5)6)13-23-24-19(26)14-7-9-22-10-8-14/h7-13,25H,1-6H3,(H,24,26)/b23-13+.